The van der Waals surface area contributed by atoms with Gasteiger partial charge in [-0.2, -0.15) is 0 Å². The van der Waals surface area contributed by atoms with E-state index >= 15 is 0 Å². The zero-order chi connectivity index (χ0) is 17.0. The number of aliphatic imine (C=N–C) groups is 1. The van der Waals surface area contributed by atoms with E-state index in [-0.39, 0.29) is 17.4 Å². The fraction of sp³-hybridized carbons (Fsp3) is 0.412. The molecule has 1 amide bonds. The molecule has 1 aromatic rings. The number of nitrogens with zero attached hydrogens (tertiary/aromatic N) is 2. The lowest BCUT2D eigenvalue weighted by molar-refractivity contribution is -0.106. The number of hydrogen-bond acceptors (Lipinski definition) is 4. The number of hydrogen-bond donors (Lipinski definition) is 3. The number of nitrogens with two attached hydrogens (primary N) is 1. The molecule has 23 heavy (non-hydrogen) atoms. The van der Waals surface area contributed by atoms with Crippen molar-refractivity contribution in [2.24, 2.45) is 16.1 Å². The number of rotatable bonds is 7. The van der Waals surface area contributed by atoms with Crippen LogP contribution >= 0.6 is 0 Å². The molecule has 1 aliphatic rings. The van der Waals surface area contributed by atoms with Crippen LogP contribution in [0.4, 0.5) is 5.69 Å². The van der Waals surface area contributed by atoms with Gasteiger partial charge >= 0.3 is 0 Å². The molecule has 1 saturated carbocycles. The molecule has 2 rings (SSSR count). The average Bonchev–Trinajstić information content (AvgIpc) is 3.24. The Bertz CT molecular complexity index is 661. The highest BCUT2D eigenvalue weighted by atomic mass is 16.1. The number of amidine groups is 2. The smallest absolute Gasteiger partial charge is 0.219 e. The Kier molecular flexibility index (Phi) is 4.93. The molecule has 6 heteroatoms. The monoisotopic (exact) mass is 313 g/mol. The van der Waals surface area contributed by atoms with Gasteiger partial charge in [-0.15, -0.1) is 0 Å². The van der Waals surface area contributed by atoms with Crippen molar-refractivity contribution in [3.05, 3.63) is 29.8 Å². The Morgan fingerprint density at radius 3 is 2.70 bits per heavy atom. The molecule has 0 aliphatic heterocycles. The summed E-state index contributed by atoms with van der Waals surface area (Å²) in [6.45, 7) is 4.65. The molecule has 1 aromatic carbocycles. The highest BCUT2D eigenvalue weighted by Gasteiger charge is 2.36. The highest BCUT2D eigenvalue weighted by molar-refractivity contribution is 6.69. The largest absolute Gasteiger partial charge is 0.382 e. The van der Waals surface area contributed by atoms with Crippen molar-refractivity contribution in [2.45, 2.75) is 33.1 Å². The van der Waals surface area contributed by atoms with Crippen molar-refractivity contribution >= 4 is 29.5 Å². The quantitative estimate of drug-likeness (QED) is 0.408. The van der Waals surface area contributed by atoms with Crippen LogP contribution in [0.1, 0.15) is 31.7 Å². The Hall–Kier alpha value is -2.50. The second kappa shape index (κ2) is 6.73. The molecule has 6 nitrogen and oxygen atoms in total. The molecule has 0 atom stereocenters. The second-order valence-corrected chi connectivity index (χ2v) is 6.37. The van der Waals surface area contributed by atoms with Gasteiger partial charge in [-0.3, -0.25) is 25.5 Å². The van der Waals surface area contributed by atoms with E-state index in [4.69, 9.17) is 16.6 Å². The van der Waals surface area contributed by atoms with Gasteiger partial charge < -0.3 is 5.73 Å². The summed E-state index contributed by atoms with van der Waals surface area (Å²) in [4.78, 5) is 16.6. The Morgan fingerprint density at radius 1 is 1.43 bits per heavy atom. The van der Waals surface area contributed by atoms with Crippen LogP contribution in [0.3, 0.4) is 0 Å². The van der Waals surface area contributed by atoms with E-state index < -0.39 is 0 Å². The van der Waals surface area contributed by atoms with E-state index in [1.165, 1.54) is 12.8 Å². The van der Waals surface area contributed by atoms with Gasteiger partial charge in [0, 0.05) is 6.54 Å². The maximum absolute atomic E-state index is 11.3. The predicted molar refractivity (Wildman–Crippen MR) is 93.6 cm³/mol. The fourth-order valence-electron chi connectivity index (χ4n) is 2.25. The molecule has 1 fully saturated rings. The van der Waals surface area contributed by atoms with Crippen molar-refractivity contribution in [3.8, 4) is 0 Å². The van der Waals surface area contributed by atoms with Gasteiger partial charge in [0.2, 0.25) is 6.41 Å². The first-order valence-electron chi connectivity index (χ1n) is 7.65. The Balaban J connectivity index is 2.05. The first-order valence-corrected chi connectivity index (χ1v) is 7.65. The molecule has 0 spiro atoms. The number of carbonyl (C=O) groups is 1. The van der Waals surface area contributed by atoms with Crippen LogP contribution in [0.5, 0.6) is 0 Å². The fourth-order valence-corrected chi connectivity index (χ4v) is 2.25. The highest BCUT2D eigenvalue weighted by Crippen LogP contribution is 2.47. The van der Waals surface area contributed by atoms with Crippen LogP contribution in [0, 0.1) is 23.2 Å². The van der Waals surface area contributed by atoms with Crippen molar-refractivity contribution in [3.63, 3.8) is 0 Å². The van der Waals surface area contributed by atoms with Gasteiger partial charge in [-0.1, -0.05) is 19.1 Å². The van der Waals surface area contributed by atoms with E-state index in [1.807, 2.05) is 13.0 Å². The van der Waals surface area contributed by atoms with Crippen LogP contribution in [0.25, 0.3) is 0 Å². The van der Waals surface area contributed by atoms with Gasteiger partial charge in [0.25, 0.3) is 0 Å². The zero-order valence-corrected chi connectivity index (χ0v) is 13.6. The third kappa shape index (κ3) is 4.25. The lowest BCUT2D eigenvalue weighted by atomic mass is 10.1. The van der Waals surface area contributed by atoms with Gasteiger partial charge in [0.05, 0.1) is 5.69 Å². The molecule has 0 bridgehead atoms. The topological polar surface area (TPSA) is 106 Å². The van der Waals surface area contributed by atoms with Crippen molar-refractivity contribution in [2.75, 3.05) is 11.4 Å². The molecule has 0 saturated heterocycles. The Labute approximate surface area is 136 Å². The first kappa shape index (κ1) is 16.9. The van der Waals surface area contributed by atoms with Gasteiger partial charge in [0.15, 0.2) is 5.84 Å². The van der Waals surface area contributed by atoms with Crippen molar-refractivity contribution in [1.82, 2.24) is 0 Å². The number of benzene rings is 1. The third-order valence-corrected chi connectivity index (χ3v) is 4.22. The minimum Gasteiger partial charge on any atom is -0.382 e. The minimum atomic E-state index is -0.274. The summed E-state index contributed by atoms with van der Waals surface area (Å²) < 4.78 is 0. The summed E-state index contributed by atoms with van der Waals surface area (Å²) in [5.74, 6) is -0.275. The van der Waals surface area contributed by atoms with Crippen LogP contribution in [-0.2, 0) is 4.79 Å². The molecule has 0 radical (unpaired) electrons. The van der Waals surface area contributed by atoms with E-state index in [0.29, 0.717) is 24.1 Å². The summed E-state index contributed by atoms with van der Waals surface area (Å²) in [7, 11) is 0. The molecular weight excluding hydrogens is 290 g/mol. The minimum absolute atomic E-state index is 0.00115. The molecular formula is C17H23N5O. The predicted octanol–water partition coefficient (Wildman–Crippen LogP) is 2.50. The van der Waals surface area contributed by atoms with E-state index in [2.05, 4.69) is 11.9 Å². The van der Waals surface area contributed by atoms with Crippen LogP contribution in [0.2, 0.25) is 0 Å². The van der Waals surface area contributed by atoms with Crippen molar-refractivity contribution < 1.29 is 4.79 Å². The molecule has 122 valence electrons. The maximum atomic E-state index is 11.3. The SMILES string of the molecule is Cc1cccc(N(C=O)C(=N)C(=N)C(N)=NCCC2(C)CC2)c1. The van der Waals surface area contributed by atoms with E-state index in [0.717, 1.165) is 16.9 Å². The van der Waals surface area contributed by atoms with Crippen molar-refractivity contribution in [1.29, 1.82) is 10.8 Å². The summed E-state index contributed by atoms with van der Waals surface area (Å²) in [5, 5.41) is 16.1. The lowest BCUT2D eigenvalue weighted by Crippen LogP contribution is -2.41. The normalized spacial score (nSPS) is 15.8. The number of aryl methyl sites for hydroxylation is 1. The number of nitrogens with one attached hydrogen (secondary N) is 2. The second-order valence-electron chi connectivity index (χ2n) is 6.37. The lowest BCUT2D eigenvalue weighted by Gasteiger charge is -2.19. The average molecular weight is 313 g/mol. The molecule has 0 heterocycles. The molecule has 1 aliphatic carbocycles. The summed E-state index contributed by atoms with van der Waals surface area (Å²) in [6, 6.07) is 7.18. The zero-order valence-electron chi connectivity index (χ0n) is 13.6. The molecule has 0 unspecified atom stereocenters. The van der Waals surface area contributed by atoms with Crippen LogP contribution < -0.4 is 10.6 Å². The number of carbonyl (C=O) groups excluding carboxylic acids is 1. The first-order chi connectivity index (χ1) is 10.9. The van der Waals surface area contributed by atoms with Gasteiger partial charge in [0.1, 0.15) is 11.5 Å². The van der Waals surface area contributed by atoms with Gasteiger partial charge in [-0.05, 0) is 49.3 Å². The van der Waals surface area contributed by atoms with Crippen LogP contribution in [0.15, 0.2) is 29.3 Å². The summed E-state index contributed by atoms with van der Waals surface area (Å²) in [5.41, 5.74) is 7.45. The Morgan fingerprint density at radius 2 is 2.13 bits per heavy atom. The molecule has 4 N–H and O–H groups in total. The third-order valence-electron chi connectivity index (χ3n) is 4.22. The summed E-state index contributed by atoms with van der Waals surface area (Å²) in [6.07, 6.45) is 3.87. The maximum Gasteiger partial charge on any atom is 0.219 e. The standard InChI is InChI=1S/C17H23N5O/c1-12-4-3-5-13(10-12)22(11-23)16(20)14(18)15(19)21-9-8-17(2)6-7-17/h3-5,10-11,18,20H,6-9H2,1-2H3,(H2,19,21). The number of amides is 1. The number of anilines is 1. The van der Waals surface area contributed by atoms with Gasteiger partial charge in [-0.25, -0.2) is 0 Å². The van der Waals surface area contributed by atoms with E-state index in [1.54, 1.807) is 18.2 Å². The molecule has 0 aromatic heterocycles. The summed E-state index contributed by atoms with van der Waals surface area (Å²) >= 11 is 0. The van der Waals surface area contributed by atoms with E-state index in [9.17, 15) is 4.79 Å². The van der Waals surface area contributed by atoms with Crippen LogP contribution in [-0.4, -0.2) is 30.3 Å².